The van der Waals surface area contributed by atoms with E-state index < -0.39 is 0 Å². The van der Waals surface area contributed by atoms with Crippen molar-refractivity contribution in [3.8, 4) is 11.9 Å². The van der Waals surface area contributed by atoms with Crippen LogP contribution in [0.3, 0.4) is 0 Å². The summed E-state index contributed by atoms with van der Waals surface area (Å²) in [6.45, 7) is 5.92. The van der Waals surface area contributed by atoms with Crippen molar-refractivity contribution in [2.24, 2.45) is 0 Å². The Labute approximate surface area is 191 Å². The molecule has 3 aromatic heterocycles. The molecule has 0 aliphatic carbocycles. The number of piperidine rings is 1. The second-order valence-electron chi connectivity index (χ2n) is 8.08. The van der Waals surface area contributed by atoms with Gasteiger partial charge in [0.1, 0.15) is 6.07 Å². The molecule has 1 saturated heterocycles. The van der Waals surface area contributed by atoms with E-state index in [0.717, 1.165) is 31.3 Å². The molecule has 1 amide bonds. The van der Waals surface area contributed by atoms with Crippen LogP contribution in [0.25, 0.3) is 16.9 Å². The predicted octanol–water partition coefficient (Wildman–Crippen LogP) is 2.98. The van der Waals surface area contributed by atoms with Crippen molar-refractivity contribution in [2.45, 2.75) is 38.8 Å². The van der Waals surface area contributed by atoms with Crippen LogP contribution >= 0.6 is 11.9 Å². The summed E-state index contributed by atoms with van der Waals surface area (Å²) < 4.78 is 3.89. The monoisotopic (exact) mass is 450 g/mol. The van der Waals surface area contributed by atoms with Gasteiger partial charge in [-0.25, -0.2) is 14.3 Å². The zero-order valence-corrected chi connectivity index (χ0v) is 19.2. The van der Waals surface area contributed by atoms with Gasteiger partial charge in [0.05, 0.1) is 23.0 Å². The molecule has 0 saturated carbocycles. The Balaban J connectivity index is 1.63. The number of fused-ring (bicyclic) bond motifs is 1. The number of pyridine rings is 2. The Kier molecular flexibility index (Phi) is 6.58. The summed E-state index contributed by atoms with van der Waals surface area (Å²) in [5.41, 5.74) is 2.27. The maximum absolute atomic E-state index is 13.1. The number of nitriles is 1. The molecule has 4 heterocycles. The molecule has 1 atom stereocenters. The quantitative estimate of drug-likeness (QED) is 0.551. The third-order valence-electron chi connectivity index (χ3n) is 5.31. The molecule has 1 aliphatic rings. The minimum Gasteiger partial charge on any atom is -0.382 e. The van der Waals surface area contributed by atoms with E-state index in [1.165, 1.54) is 6.20 Å². The number of amides is 1. The van der Waals surface area contributed by atoms with Crippen molar-refractivity contribution in [3.05, 3.63) is 41.9 Å². The van der Waals surface area contributed by atoms with Gasteiger partial charge in [-0.15, -0.1) is 0 Å². The van der Waals surface area contributed by atoms with Gasteiger partial charge in [-0.1, -0.05) is 11.9 Å². The van der Waals surface area contributed by atoms with Crippen LogP contribution in [0.4, 0.5) is 5.69 Å². The Hall–Kier alpha value is -3.16. The van der Waals surface area contributed by atoms with Crippen LogP contribution in [0, 0.1) is 11.3 Å². The fraction of sp³-hybridized carbons (Fsp3) is 0.409. The molecule has 1 aliphatic heterocycles. The van der Waals surface area contributed by atoms with Crippen LogP contribution < -0.4 is 10.6 Å². The summed E-state index contributed by atoms with van der Waals surface area (Å²) in [5.74, 6) is 0.408. The molecule has 10 heteroatoms. The highest BCUT2D eigenvalue weighted by molar-refractivity contribution is 7.96. The molecular weight excluding hydrogens is 424 g/mol. The van der Waals surface area contributed by atoms with E-state index in [9.17, 15) is 4.79 Å². The van der Waals surface area contributed by atoms with Crippen LogP contribution in [-0.4, -0.2) is 61.4 Å². The Morgan fingerprint density at radius 1 is 1.28 bits per heavy atom. The molecule has 0 unspecified atom stereocenters. The zero-order valence-electron chi connectivity index (χ0n) is 18.4. The standard InChI is InChI=1S/C22H26N8OS/c1-14(2)27-19-8-20(30-21-16(11-26-30)7-15(9-23)10-25-21)24-12-18(19)22(31)28-17-5-4-6-29(13-17)32-3/h7-8,10-12,14,17H,4-6,13H2,1-3H3,(H,24,27)(H,28,31)/t17-/m0/s1. The van der Waals surface area contributed by atoms with E-state index in [2.05, 4.69) is 42.3 Å². The lowest BCUT2D eigenvalue weighted by Gasteiger charge is -2.31. The number of anilines is 1. The highest BCUT2D eigenvalue weighted by Crippen LogP contribution is 2.23. The van der Waals surface area contributed by atoms with Crippen molar-refractivity contribution >= 4 is 34.6 Å². The number of hydrogen-bond donors (Lipinski definition) is 2. The molecule has 3 aromatic rings. The van der Waals surface area contributed by atoms with Gasteiger partial charge in [-0.3, -0.25) is 4.79 Å². The molecule has 1 fully saturated rings. The van der Waals surface area contributed by atoms with E-state index in [1.807, 2.05) is 19.9 Å². The molecule has 4 rings (SSSR count). The van der Waals surface area contributed by atoms with Crippen molar-refractivity contribution in [1.82, 2.24) is 29.4 Å². The van der Waals surface area contributed by atoms with Crippen LogP contribution in [0.15, 0.2) is 30.7 Å². The van der Waals surface area contributed by atoms with Crippen molar-refractivity contribution in [2.75, 3.05) is 24.7 Å². The van der Waals surface area contributed by atoms with E-state index in [1.54, 1.807) is 35.1 Å². The number of rotatable bonds is 6. The number of nitrogens with one attached hydrogen (secondary N) is 2. The SMILES string of the molecule is CSN1CCC[C@H](NC(=O)c2cnc(-n3ncc4cc(C#N)cnc43)cc2NC(C)C)C1. The van der Waals surface area contributed by atoms with Gasteiger partial charge in [0.15, 0.2) is 11.5 Å². The average molecular weight is 451 g/mol. The topological polar surface area (TPSA) is 112 Å². The first-order chi connectivity index (χ1) is 15.5. The van der Waals surface area contributed by atoms with Crippen LogP contribution in [-0.2, 0) is 0 Å². The molecule has 32 heavy (non-hydrogen) atoms. The van der Waals surface area contributed by atoms with Gasteiger partial charge in [0.2, 0.25) is 0 Å². The molecule has 0 radical (unpaired) electrons. The van der Waals surface area contributed by atoms with Gasteiger partial charge in [-0.2, -0.15) is 15.0 Å². The Bertz CT molecular complexity index is 1170. The second kappa shape index (κ2) is 9.54. The summed E-state index contributed by atoms with van der Waals surface area (Å²) >= 11 is 1.71. The van der Waals surface area contributed by atoms with E-state index in [-0.39, 0.29) is 18.0 Å². The first kappa shape index (κ1) is 22.0. The fourth-order valence-corrected chi connectivity index (χ4v) is 4.45. The molecule has 166 valence electrons. The molecule has 0 aromatic carbocycles. The number of hydrogen-bond acceptors (Lipinski definition) is 8. The van der Waals surface area contributed by atoms with Crippen LogP contribution in [0.1, 0.15) is 42.6 Å². The van der Waals surface area contributed by atoms with Crippen molar-refractivity contribution < 1.29 is 4.79 Å². The lowest BCUT2D eigenvalue weighted by atomic mass is 10.1. The van der Waals surface area contributed by atoms with Gasteiger partial charge < -0.3 is 10.6 Å². The lowest BCUT2D eigenvalue weighted by Crippen LogP contribution is -2.45. The minimum absolute atomic E-state index is 0.115. The minimum atomic E-state index is -0.137. The van der Waals surface area contributed by atoms with Gasteiger partial charge in [-0.05, 0) is 39.0 Å². The second-order valence-corrected chi connectivity index (χ2v) is 8.96. The molecular formula is C22H26N8OS. The zero-order chi connectivity index (χ0) is 22.7. The Morgan fingerprint density at radius 2 is 2.12 bits per heavy atom. The third-order valence-corrected chi connectivity index (χ3v) is 6.16. The predicted molar refractivity (Wildman–Crippen MR) is 126 cm³/mol. The number of aromatic nitrogens is 4. The van der Waals surface area contributed by atoms with Crippen molar-refractivity contribution in [3.63, 3.8) is 0 Å². The van der Waals surface area contributed by atoms with Crippen LogP contribution in [0.2, 0.25) is 0 Å². The summed E-state index contributed by atoms with van der Waals surface area (Å²) in [6.07, 6.45) is 8.84. The van der Waals surface area contributed by atoms with Crippen molar-refractivity contribution in [1.29, 1.82) is 5.26 Å². The van der Waals surface area contributed by atoms with E-state index in [4.69, 9.17) is 5.26 Å². The molecule has 0 spiro atoms. The van der Waals surface area contributed by atoms with Gasteiger partial charge >= 0.3 is 0 Å². The maximum atomic E-state index is 13.1. The third kappa shape index (κ3) is 4.69. The summed E-state index contributed by atoms with van der Waals surface area (Å²) in [4.78, 5) is 22.0. The normalized spacial score (nSPS) is 16.8. The van der Waals surface area contributed by atoms with Gasteiger partial charge in [0.25, 0.3) is 5.91 Å². The number of carbonyl (C=O) groups is 1. The van der Waals surface area contributed by atoms with E-state index in [0.29, 0.717) is 28.3 Å². The highest BCUT2D eigenvalue weighted by Gasteiger charge is 2.23. The lowest BCUT2D eigenvalue weighted by molar-refractivity contribution is 0.0923. The summed E-state index contributed by atoms with van der Waals surface area (Å²) in [6, 6.07) is 5.88. The average Bonchev–Trinajstić information content (AvgIpc) is 3.21. The largest absolute Gasteiger partial charge is 0.382 e. The smallest absolute Gasteiger partial charge is 0.255 e. The number of nitrogens with zero attached hydrogens (tertiary/aromatic N) is 6. The molecule has 0 bridgehead atoms. The first-order valence-electron chi connectivity index (χ1n) is 10.6. The fourth-order valence-electron chi connectivity index (χ4n) is 3.81. The van der Waals surface area contributed by atoms with E-state index >= 15 is 0 Å². The Morgan fingerprint density at radius 3 is 2.88 bits per heavy atom. The summed E-state index contributed by atoms with van der Waals surface area (Å²) in [7, 11) is 0. The molecule has 2 N–H and O–H groups in total. The first-order valence-corrected chi connectivity index (χ1v) is 11.8. The van der Waals surface area contributed by atoms with Gasteiger partial charge in [0, 0.05) is 49.0 Å². The highest BCUT2D eigenvalue weighted by atomic mass is 32.2. The van der Waals surface area contributed by atoms with Crippen LogP contribution in [0.5, 0.6) is 0 Å². The maximum Gasteiger partial charge on any atom is 0.255 e. The summed E-state index contributed by atoms with van der Waals surface area (Å²) in [5, 5.41) is 20.8. The molecule has 9 nitrogen and oxygen atoms in total. The number of carbonyl (C=O) groups excluding carboxylic acids is 1.